The number of anilines is 2. The second-order valence-corrected chi connectivity index (χ2v) is 12.5. The molecule has 1 heterocycles. The molecule has 2 aromatic rings. The molecule has 0 spiro atoms. The van der Waals surface area contributed by atoms with Gasteiger partial charge in [0.1, 0.15) is 0 Å². The highest BCUT2D eigenvalue weighted by Gasteiger charge is 2.31. The Hall–Kier alpha value is -2.09. The summed E-state index contributed by atoms with van der Waals surface area (Å²) < 4.78 is 29.2. The number of nitrogens with zero attached hydrogens (tertiary/aromatic N) is 2. The zero-order chi connectivity index (χ0) is 25.2. The standard InChI is InChI=1S/C28H40N2O4S/c1-4-21-5-9-23(10-6-21)30(18-20(2)3)35(33,34)25-13-14-27-26(17-25)28(32)15-16-29(27)19-22-7-11-24(31)12-8-22/h5-6,9-10,13-14,17,20,22,24,28,31-32H,4,7-8,11-12,15-16,18-19H2,1-3H3. The number of hydrogen-bond donors (Lipinski definition) is 2. The summed E-state index contributed by atoms with van der Waals surface area (Å²) in [4.78, 5) is 2.51. The molecule has 7 heteroatoms. The van der Waals surface area contributed by atoms with Crippen LogP contribution in [0.5, 0.6) is 0 Å². The molecule has 2 aliphatic rings. The van der Waals surface area contributed by atoms with Crippen molar-refractivity contribution >= 4 is 21.4 Å². The molecule has 2 aromatic carbocycles. The minimum absolute atomic E-state index is 0.156. The lowest BCUT2D eigenvalue weighted by Crippen LogP contribution is -2.37. The van der Waals surface area contributed by atoms with Crippen LogP contribution >= 0.6 is 0 Å². The van der Waals surface area contributed by atoms with Crippen LogP contribution in [0.1, 0.15) is 70.1 Å². The Kier molecular flexibility index (Phi) is 8.09. The first-order valence-corrected chi connectivity index (χ1v) is 14.5. The number of benzene rings is 2. The zero-order valence-corrected chi connectivity index (χ0v) is 22.0. The molecule has 35 heavy (non-hydrogen) atoms. The van der Waals surface area contributed by atoms with Crippen molar-refractivity contribution in [2.75, 3.05) is 28.8 Å². The normalized spacial score (nSPS) is 22.8. The van der Waals surface area contributed by atoms with Crippen molar-refractivity contribution in [3.8, 4) is 0 Å². The third-order valence-electron chi connectivity index (χ3n) is 7.42. The van der Waals surface area contributed by atoms with Crippen molar-refractivity contribution in [2.45, 2.75) is 76.4 Å². The third-order valence-corrected chi connectivity index (χ3v) is 9.21. The minimum atomic E-state index is -3.80. The summed E-state index contributed by atoms with van der Waals surface area (Å²) in [6.45, 7) is 8.12. The molecule has 0 radical (unpaired) electrons. The van der Waals surface area contributed by atoms with Crippen molar-refractivity contribution in [3.05, 3.63) is 53.6 Å². The van der Waals surface area contributed by atoms with Crippen molar-refractivity contribution in [2.24, 2.45) is 11.8 Å². The summed E-state index contributed by atoms with van der Waals surface area (Å²) >= 11 is 0. The fraction of sp³-hybridized carbons (Fsp3) is 0.571. The van der Waals surface area contributed by atoms with E-state index in [1.54, 1.807) is 12.1 Å². The molecule has 1 saturated carbocycles. The summed E-state index contributed by atoms with van der Waals surface area (Å²) in [6.07, 6.45) is 4.32. The van der Waals surface area contributed by atoms with Crippen LogP contribution in [0, 0.1) is 11.8 Å². The van der Waals surface area contributed by atoms with Gasteiger partial charge in [0.15, 0.2) is 0 Å². The van der Waals surface area contributed by atoms with E-state index in [2.05, 4.69) is 11.8 Å². The van der Waals surface area contributed by atoms with E-state index in [0.29, 0.717) is 30.1 Å². The number of fused-ring (bicyclic) bond motifs is 1. The fourth-order valence-corrected chi connectivity index (χ4v) is 6.99. The van der Waals surface area contributed by atoms with Crippen LogP contribution in [-0.4, -0.2) is 44.4 Å². The van der Waals surface area contributed by atoms with Gasteiger partial charge in [0, 0.05) is 30.9 Å². The highest BCUT2D eigenvalue weighted by Crippen LogP contribution is 2.38. The number of rotatable bonds is 8. The Balaban J connectivity index is 1.63. The topological polar surface area (TPSA) is 81.1 Å². The molecule has 1 atom stereocenters. The van der Waals surface area contributed by atoms with E-state index in [1.807, 2.05) is 44.2 Å². The Morgan fingerprint density at radius 1 is 1.00 bits per heavy atom. The maximum absolute atomic E-state index is 13.9. The average molecular weight is 501 g/mol. The largest absolute Gasteiger partial charge is 0.393 e. The van der Waals surface area contributed by atoms with E-state index in [1.165, 1.54) is 9.87 Å². The predicted molar refractivity (Wildman–Crippen MR) is 141 cm³/mol. The summed E-state index contributed by atoms with van der Waals surface area (Å²) in [5.74, 6) is 0.667. The lowest BCUT2D eigenvalue weighted by Gasteiger charge is -2.38. The van der Waals surface area contributed by atoms with Gasteiger partial charge >= 0.3 is 0 Å². The van der Waals surface area contributed by atoms with Gasteiger partial charge in [-0.15, -0.1) is 0 Å². The van der Waals surface area contributed by atoms with E-state index in [9.17, 15) is 18.6 Å². The van der Waals surface area contributed by atoms with E-state index < -0.39 is 16.1 Å². The van der Waals surface area contributed by atoms with Crippen molar-refractivity contribution in [1.29, 1.82) is 0 Å². The minimum Gasteiger partial charge on any atom is -0.393 e. The number of hydrogen-bond acceptors (Lipinski definition) is 5. The van der Waals surface area contributed by atoms with E-state index in [4.69, 9.17) is 0 Å². The van der Waals surface area contributed by atoms with Crippen LogP contribution in [0.2, 0.25) is 0 Å². The highest BCUT2D eigenvalue weighted by molar-refractivity contribution is 7.92. The molecule has 0 aromatic heterocycles. The molecule has 4 rings (SSSR count). The summed E-state index contributed by atoms with van der Waals surface area (Å²) in [5, 5.41) is 20.6. The van der Waals surface area contributed by atoms with Crippen molar-refractivity contribution < 1.29 is 18.6 Å². The lowest BCUT2D eigenvalue weighted by molar-refractivity contribution is 0.109. The van der Waals surface area contributed by atoms with Crippen LogP contribution in [0.25, 0.3) is 0 Å². The van der Waals surface area contributed by atoms with Gasteiger partial charge < -0.3 is 15.1 Å². The van der Waals surface area contributed by atoms with E-state index in [0.717, 1.165) is 50.9 Å². The van der Waals surface area contributed by atoms with Gasteiger partial charge in [0.2, 0.25) is 0 Å². The molecule has 192 valence electrons. The molecular formula is C28H40N2O4S. The Labute approximate surface area is 210 Å². The molecule has 6 nitrogen and oxygen atoms in total. The molecule has 1 unspecified atom stereocenters. The smallest absolute Gasteiger partial charge is 0.264 e. The highest BCUT2D eigenvalue weighted by atomic mass is 32.2. The van der Waals surface area contributed by atoms with Crippen LogP contribution in [0.3, 0.4) is 0 Å². The number of aliphatic hydroxyl groups is 2. The second-order valence-electron chi connectivity index (χ2n) is 10.6. The SMILES string of the molecule is CCc1ccc(N(CC(C)C)S(=O)(=O)c2ccc3c(c2)C(O)CCN3CC2CCC(O)CC2)cc1. The molecule has 1 aliphatic carbocycles. The van der Waals surface area contributed by atoms with Crippen molar-refractivity contribution in [3.63, 3.8) is 0 Å². The third kappa shape index (κ3) is 5.84. The van der Waals surface area contributed by atoms with Crippen LogP contribution in [0.4, 0.5) is 11.4 Å². The quantitative estimate of drug-likeness (QED) is 0.539. The maximum Gasteiger partial charge on any atom is 0.264 e. The average Bonchev–Trinajstić information content (AvgIpc) is 2.85. The molecule has 0 bridgehead atoms. The summed E-state index contributed by atoms with van der Waals surface area (Å²) in [6, 6.07) is 13.0. The maximum atomic E-state index is 13.9. The molecular weight excluding hydrogens is 460 g/mol. The van der Waals surface area contributed by atoms with Gasteiger partial charge in [0.05, 0.1) is 22.8 Å². The summed E-state index contributed by atoms with van der Waals surface area (Å²) in [5.41, 5.74) is 3.45. The molecule has 0 amide bonds. The van der Waals surface area contributed by atoms with Crippen molar-refractivity contribution in [1.82, 2.24) is 0 Å². The van der Waals surface area contributed by atoms with Gasteiger partial charge in [-0.3, -0.25) is 4.31 Å². The van der Waals surface area contributed by atoms with Gasteiger partial charge in [-0.05, 0) is 86.3 Å². The van der Waals surface area contributed by atoms with Crippen LogP contribution < -0.4 is 9.21 Å². The monoisotopic (exact) mass is 500 g/mol. The van der Waals surface area contributed by atoms with Gasteiger partial charge in [0.25, 0.3) is 10.0 Å². The van der Waals surface area contributed by atoms with E-state index >= 15 is 0 Å². The van der Waals surface area contributed by atoms with Crippen LogP contribution in [0.15, 0.2) is 47.4 Å². The lowest BCUT2D eigenvalue weighted by atomic mass is 9.86. The van der Waals surface area contributed by atoms with Gasteiger partial charge in [-0.1, -0.05) is 32.9 Å². The first-order chi connectivity index (χ1) is 16.7. The second kappa shape index (κ2) is 10.9. The Morgan fingerprint density at radius 2 is 1.69 bits per heavy atom. The molecule has 1 fully saturated rings. The van der Waals surface area contributed by atoms with Crippen LogP contribution in [-0.2, 0) is 16.4 Å². The van der Waals surface area contributed by atoms with Gasteiger partial charge in [-0.2, -0.15) is 0 Å². The number of sulfonamides is 1. The number of aliphatic hydroxyl groups excluding tert-OH is 2. The Bertz CT molecular complexity index is 1090. The molecule has 1 aliphatic heterocycles. The Morgan fingerprint density at radius 3 is 2.31 bits per heavy atom. The predicted octanol–water partition coefficient (Wildman–Crippen LogP) is 4.89. The number of aryl methyl sites for hydroxylation is 1. The van der Waals surface area contributed by atoms with Gasteiger partial charge in [-0.25, -0.2) is 8.42 Å². The first-order valence-electron chi connectivity index (χ1n) is 13.1. The van der Waals surface area contributed by atoms with E-state index in [-0.39, 0.29) is 16.9 Å². The fourth-order valence-electron chi connectivity index (χ4n) is 5.33. The summed E-state index contributed by atoms with van der Waals surface area (Å²) in [7, 11) is -3.80. The molecule has 2 N–H and O–H groups in total. The molecule has 0 saturated heterocycles. The zero-order valence-electron chi connectivity index (χ0n) is 21.2. The first kappa shape index (κ1) is 26.0.